The van der Waals surface area contributed by atoms with Crippen LogP contribution < -0.4 is 4.90 Å². The number of nitrogens with zero attached hydrogens (tertiary/aromatic N) is 2. The summed E-state index contributed by atoms with van der Waals surface area (Å²) in [5, 5.41) is 10.5. The molecule has 140 valence electrons. The van der Waals surface area contributed by atoms with Crippen molar-refractivity contribution in [3.8, 4) is 0 Å². The van der Waals surface area contributed by atoms with Gasteiger partial charge in [0.2, 0.25) is 5.91 Å². The largest absolute Gasteiger partial charge is 0.477 e. The van der Waals surface area contributed by atoms with Crippen LogP contribution in [0.4, 0.5) is 10.1 Å². The Hall–Kier alpha value is -3.15. The summed E-state index contributed by atoms with van der Waals surface area (Å²) < 4.78 is 14.9. The number of hydrogen-bond donors (Lipinski definition) is 1. The molecule has 3 aromatic rings. The van der Waals surface area contributed by atoms with E-state index in [1.807, 2.05) is 38.1 Å². The number of hydrogen-bond acceptors (Lipinski definition) is 2. The molecule has 0 aliphatic heterocycles. The number of fused-ring (bicyclic) bond motifs is 1. The third-order valence-corrected chi connectivity index (χ3v) is 4.68. The van der Waals surface area contributed by atoms with Crippen LogP contribution in [0.15, 0.2) is 48.5 Å². The molecule has 3 rings (SSSR count). The zero-order valence-corrected chi connectivity index (χ0v) is 15.3. The summed E-state index contributed by atoms with van der Waals surface area (Å²) in [6, 6.07) is 13.1. The highest BCUT2D eigenvalue weighted by Crippen LogP contribution is 2.28. The number of rotatable bonds is 6. The van der Waals surface area contributed by atoms with Crippen LogP contribution in [0.2, 0.25) is 0 Å². The number of aryl methyl sites for hydroxylation is 1. The van der Waals surface area contributed by atoms with Crippen molar-refractivity contribution in [2.45, 2.75) is 26.8 Å². The Labute approximate surface area is 156 Å². The Bertz CT molecular complexity index is 993. The molecule has 0 fully saturated rings. The minimum atomic E-state index is -1.05. The first kappa shape index (κ1) is 18.6. The summed E-state index contributed by atoms with van der Waals surface area (Å²) >= 11 is 0. The normalized spacial score (nSPS) is 10.9. The molecule has 0 unspecified atom stereocenters. The summed E-state index contributed by atoms with van der Waals surface area (Å²) in [5.74, 6) is -1.66. The van der Waals surface area contributed by atoms with E-state index in [1.165, 1.54) is 17.0 Å². The quantitative estimate of drug-likeness (QED) is 0.713. The topological polar surface area (TPSA) is 62.5 Å². The fourth-order valence-electron chi connectivity index (χ4n) is 3.50. The van der Waals surface area contributed by atoms with Gasteiger partial charge in [0.25, 0.3) is 0 Å². The van der Waals surface area contributed by atoms with E-state index >= 15 is 0 Å². The average molecular weight is 368 g/mol. The van der Waals surface area contributed by atoms with Gasteiger partial charge in [-0.25, -0.2) is 9.18 Å². The standard InChI is InChI=1S/C21H21FN2O3/c1-3-23(15-11-9-14(22)10-12-15)19(25)13-17-16-7-5-6-8-18(16)24(4-2)20(17)21(26)27/h5-12H,3-4,13H2,1-2H3,(H,26,27). The number of carbonyl (C=O) groups excluding carboxylic acids is 1. The lowest BCUT2D eigenvalue weighted by Crippen LogP contribution is -2.32. The molecule has 27 heavy (non-hydrogen) atoms. The molecule has 0 bridgehead atoms. The molecule has 0 atom stereocenters. The molecule has 0 aliphatic rings. The van der Waals surface area contributed by atoms with E-state index < -0.39 is 5.97 Å². The lowest BCUT2D eigenvalue weighted by Gasteiger charge is -2.21. The summed E-state index contributed by atoms with van der Waals surface area (Å²) in [6.07, 6.45) is -0.0413. The highest BCUT2D eigenvalue weighted by atomic mass is 19.1. The molecular weight excluding hydrogens is 347 g/mol. The van der Waals surface area contributed by atoms with Gasteiger partial charge in [0, 0.05) is 35.2 Å². The van der Waals surface area contributed by atoms with Crippen LogP contribution in [0, 0.1) is 5.82 Å². The molecule has 5 nitrogen and oxygen atoms in total. The molecule has 1 aromatic heterocycles. The monoisotopic (exact) mass is 368 g/mol. The van der Waals surface area contributed by atoms with Gasteiger partial charge < -0.3 is 14.6 Å². The molecule has 0 saturated heterocycles. The maximum atomic E-state index is 13.2. The van der Waals surface area contributed by atoms with Crippen molar-refractivity contribution in [2.75, 3.05) is 11.4 Å². The van der Waals surface area contributed by atoms with Gasteiger partial charge in [0.1, 0.15) is 11.5 Å². The summed E-state index contributed by atoms with van der Waals surface area (Å²) in [4.78, 5) is 26.4. The number of anilines is 1. The number of aromatic carboxylic acids is 1. The SMILES string of the molecule is CCN(C(=O)Cc1c(C(=O)O)n(CC)c2ccccc12)c1ccc(F)cc1. The average Bonchev–Trinajstić information content (AvgIpc) is 2.97. The Morgan fingerprint density at radius 2 is 1.74 bits per heavy atom. The zero-order valence-electron chi connectivity index (χ0n) is 15.3. The van der Waals surface area contributed by atoms with Gasteiger partial charge in [-0.05, 0) is 44.2 Å². The van der Waals surface area contributed by atoms with Gasteiger partial charge in [0.15, 0.2) is 0 Å². The summed E-state index contributed by atoms with van der Waals surface area (Å²) in [6.45, 7) is 4.60. The molecular formula is C21H21FN2O3. The van der Waals surface area contributed by atoms with Crippen LogP contribution in [0.5, 0.6) is 0 Å². The fraction of sp³-hybridized carbons (Fsp3) is 0.238. The van der Waals surface area contributed by atoms with Crippen molar-refractivity contribution < 1.29 is 19.1 Å². The first-order chi connectivity index (χ1) is 13.0. The maximum Gasteiger partial charge on any atom is 0.352 e. The molecule has 1 amide bonds. The van der Waals surface area contributed by atoms with Crippen molar-refractivity contribution in [1.82, 2.24) is 4.57 Å². The number of aromatic nitrogens is 1. The molecule has 1 heterocycles. The predicted molar refractivity (Wildman–Crippen MR) is 103 cm³/mol. The highest BCUT2D eigenvalue weighted by Gasteiger charge is 2.25. The van der Waals surface area contributed by atoms with Crippen LogP contribution >= 0.6 is 0 Å². The molecule has 0 aliphatic carbocycles. The van der Waals surface area contributed by atoms with E-state index in [4.69, 9.17) is 0 Å². The number of carboxylic acids is 1. The minimum absolute atomic E-state index is 0.0413. The molecule has 6 heteroatoms. The molecule has 0 radical (unpaired) electrons. The van der Waals surface area contributed by atoms with Gasteiger partial charge in [-0.15, -0.1) is 0 Å². The number of carboxylic acid groups (broad SMARTS) is 1. The second-order valence-electron chi connectivity index (χ2n) is 6.18. The third kappa shape index (κ3) is 3.43. The van der Waals surface area contributed by atoms with Crippen molar-refractivity contribution in [3.63, 3.8) is 0 Å². The zero-order chi connectivity index (χ0) is 19.6. The second kappa shape index (κ2) is 7.61. The van der Waals surface area contributed by atoms with Gasteiger partial charge in [0.05, 0.1) is 6.42 Å². The first-order valence-corrected chi connectivity index (χ1v) is 8.87. The number of carbonyl (C=O) groups is 2. The van der Waals surface area contributed by atoms with Crippen LogP contribution in [0.1, 0.15) is 29.9 Å². The van der Waals surface area contributed by atoms with Crippen molar-refractivity contribution in [2.24, 2.45) is 0 Å². The number of benzene rings is 2. The smallest absolute Gasteiger partial charge is 0.352 e. The molecule has 0 spiro atoms. The Morgan fingerprint density at radius 1 is 1.07 bits per heavy atom. The lowest BCUT2D eigenvalue weighted by molar-refractivity contribution is -0.117. The van der Waals surface area contributed by atoms with Crippen molar-refractivity contribution >= 4 is 28.5 Å². The maximum absolute atomic E-state index is 13.2. The van der Waals surface area contributed by atoms with Crippen molar-refractivity contribution in [3.05, 3.63) is 65.6 Å². The van der Waals surface area contributed by atoms with E-state index in [-0.39, 0.29) is 23.8 Å². The lowest BCUT2D eigenvalue weighted by atomic mass is 10.1. The fourth-order valence-corrected chi connectivity index (χ4v) is 3.50. The third-order valence-electron chi connectivity index (χ3n) is 4.68. The van der Waals surface area contributed by atoms with Crippen LogP contribution in [-0.2, 0) is 17.8 Å². The van der Waals surface area contributed by atoms with Crippen LogP contribution in [-0.4, -0.2) is 28.1 Å². The van der Waals surface area contributed by atoms with E-state index in [9.17, 15) is 19.1 Å². The summed E-state index contributed by atoms with van der Waals surface area (Å²) in [5.41, 5.74) is 2.03. The molecule has 0 saturated carbocycles. The number of amides is 1. The van der Waals surface area contributed by atoms with Gasteiger partial charge in [-0.1, -0.05) is 18.2 Å². The van der Waals surface area contributed by atoms with E-state index in [1.54, 1.807) is 16.7 Å². The minimum Gasteiger partial charge on any atom is -0.477 e. The van der Waals surface area contributed by atoms with Crippen LogP contribution in [0.25, 0.3) is 10.9 Å². The Kier molecular flexibility index (Phi) is 5.26. The molecule has 2 aromatic carbocycles. The second-order valence-corrected chi connectivity index (χ2v) is 6.18. The van der Waals surface area contributed by atoms with Crippen LogP contribution in [0.3, 0.4) is 0 Å². The first-order valence-electron chi connectivity index (χ1n) is 8.87. The number of halogens is 1. The van der Waals surface area contributed by atoms with E-state index in [2.05, 4.69) is 0 Å². The Balaban J connectivity index is 2.05. The Morgan fingerprint density at radius 3 is 2.33 bits per heavy atom. The number of likely N-dealkylation sites (N-methyl/N-ethyl adjacent to an activating group) is 1. The highest BCUT2D eigenvalue weighted by molar-refractivity contribution is 6.03. The van der Waals surface area contributed by atoms with Gasteiger partial charge in [-0.3, -0.25) is 4.79 Å². The van der Waals surface area contributed by atoms with Gasteiger partial charge >= 0.3 is 5.97 Å². The van der Waals surface area contributed by atoms with Crippen molar-refractivity contribution in [1.29, 1.82) is 0 Å². The predicted octanol–water partition coefficient (Wildman–Crippen LogP) is 4.09. The number of para-hydroxylation sites is 1. The van der Waals surface area contributed by atoms with E-state index in [0.29, 0.717) is 24.3 Å². The van der Waals surface area contributed by atoms with Gasteiger partial charge in [-0.2, -0.15) is 0 Å². The molecule has 1 N–H and O–H groups in total. The summed E-state index contributed by atoms with van der Waals surface area (Å²) in [7, 11) is 0. The van der Waals surface area contributed by atoms with E-state index in [0.717, 1.165) is 10.9 Å².